The Morgan fingerprint density at radius 1 is 1.45 bits per heavy atom. The van der Waals surface area contributed by atoms with Crippen LogP contribution in [-0.2, 0) is 9.53 Å². The smallest absolute Gasteiger partial charge is 0.325 e. The summed E-state index contributed by atoms with van der Waals surface area (Å²) in [7, 11) is 1.66. The number of carbonyl (C=O) groups is 1. The molecule has 0 spiro atoms. The zero-order valence-electron chi connectivity index (χ0n) is 12.3. The van der Waals surface area contributed by atoms with Gasteiger partial charge in [-0.3, -0.25) is 4.79 Å². The molecule has 1 aromatic rings. The van der Waals surface area contributed by atoms with Crippen LogP contribution in [0.3, 0.4) is 0 Å². The second kappa shape index (κ2) is 8.17. The van der Waals surface area contributed by atoms with Gasteiger partial charge in [0.25, 0.3) is 0 Å². The number of hydrogen-bond acceptors (Lipinski definition) is 5. The first kappa shape index (κ1) is 16.9. The summed E-state index contributed by atoms with van der Waals surface area (Å²) in [5.74, 6) is 1.43. The summed E-state index contributed by atoms with van der Waals surface area (Å²) >= 11 is 1.73. The van der Waals surface area contributed by atoms with Crippen LogP contribution in [0, 0.1) is 0 Å². The number of methoxy groups -OCH3 is 1. The molecule has 0 heterocycles. The molecule has 2 N–H and O–H groups in total. The van der Waals surface area contributed by atoms with Crippen LogP contribution in [0.4, 0.5) is 0 Å². The lowest BCUT2D eigenvalue weighted by atomic mass is 9.98. The highest BCUT2D eigenvalue weighted by Crippen LogP contribution is 2.24. The minimum atomic E-state index is -0.898. The van der Waals surface area contributed by atoms with Crippen LogP contribution in [-0.4, -0.2) is 31.0 Å². The van der Waals surface area contributed by atoms with Crippen molar-refractivity contribution in [3.05, 3.63) is 24.3 Å². The van der Waals surface area contributed by atoms with E-state index in [2.05, 4.69) is 0 Å². The summed E-state index contributed by atoms with van der Waals surface area (Å²) in [6, 6.07) is 7.92. The number of carbonyl (C=O) groups excluding carboxylic acids is 1. The van der Waals surface area contributed by atoms with Gasteiger partial charge in [-0.2, -0.15) is 0 Å². The van der Waals surface area contributed by atoms with E-state index in [1.807, 2.05) is 24.3 Å². The van der Waals surface area contributed by atoms with Gasteiger partial charge in [0.15, 0.2) is 0 Å². The highest BCUT2D eigenvalue weighted by Gasteiger charge is 2.29. The summed E-state index contributed by atoms with van der Waals surface area (Å²) in [5.41, 5.74) is 5.07. The van der Waals surface area contributed by atoms with Gasteiger partial charge in [0.1, 0.15) is 11.3 Å². The zero-order chi connectivity index (χ0) is 15.0. The average molecular weight is 297 g/mol. The molecule has 0 aliphatic rings. The highest BCUT2D eigenvalue weighted by molar-refractivity contribution is 7.99. The Kier molecular flexibility index (Phi) is 6.88. The molecular weight excluding hydrogens is 274 g/mol. The number of esters is 1. The Morgan fingerprint density at radius 2 is 2.20 bits per heavy atom. The zero-order valence-corrected chi connectivity index (χ0v) is 13.2. The van der Waals surface area contributed by atoms with Crippen LogP contribution in [0.15, 0.2) is 29.2 Å². The summed E-state index contributed by atoms with van der Waals surface area (Å²) in [6.45, 7) is 3.87. The van der Waals surface area contributed by atoms with Gasteiger partial charge < -0.3 is 15.2 Å². The second-order valence-corrected chi connectivity index (χ2v) is 5.94. The summed E-state index contributed by atoms with van der Waals surface area (Å²) < 4.78 is 10.1. The largest absolute Gasteiger partial charge is 0.497 e. The number of nitrogens with two attached hydrogens (primary N) is 1. The lowest BCUT2D eigenvalue weighted by Gasteiger charge is -2.21. The van der Waals surface area contributed by atoms with Crippen LogP contribution in [0.1, 0.15) is 26.7 Å². The van der Waals surface area contributed by atoms with Crippen molar-refractivity contribution in [2.45, 2.75) is 37.1 Å². The van der Waals surface area contributed by atoms with Crippen molar-refractivity contribution in [3.8, 4) is 5.75 Å². The van der Waals surface area contributed by atoms with Gasteiger partial charge >= 0.3 is 5.97 Å². The van der Waals surface area contributed by atoms with E-state index in [0.717, 1.165) is 22.8 Å². The fourth-order valence-electron chi connectivity index (χ4n) is 1.72. The molecule has 1 aromatic carbocycles. The van der Waals surface area contributed by atoms with Gasteiger partial charge in [-0.25, -0.2) is 0 Å². The molecule has 0 saturated carbocycles. The quantitative estimate of drug-likeness (QED) is 0.454. The van der Waals surface area contributed by atoms with Crippen LogP contribution in [0.25, 0.3) is 0 Å². The van der Waals surface area contributed by atoms with E-state index in [1.54, 1.807) is 32.7 Å². The number of benzene rings is 1. The van der Waals surface area contributed by atoms with E-state index < -0.39 is 5.54 Å². The topological polar surface area (TPSA) is 61.5 Å². The molecule has 0 fully saturated rings. The second-order valence-electron chi connectivity index (χ2n) is 4.77. The van der Waals surface area contributed by atoms with Gasteiger partial charge in [-0.1, -0.05) is 6.07 Å². The molecule has 4 nitrogen and oxygen atoms in total. The lowest BCUT2D eigenvalue weighted by molar-refractivity contribution is -0.149. The fourth-order valence-corrected chi connectivity index (χ4v) is 2.62. The first-order chi connectivity index (χ1) is 9.49. The molecule has 0 amide bonds. The van der Waals surface area contributed by atoms with E-state index in [-0.39, 0.29) is 5.97 Å². The molecule has 0 saturated heterocycles. The molecule has 1 atom stereocenters. The van der Waals surface area contributed by atoms with Gasteiger partial charge in [-0.15, -0.1) is 11.8 Å². The Hall–Kier alpha value is -1.20. The van der Waals surface area contributed by atoms with Crippen molar-refractivity contribution >= 4 is 17.7 Å². The predicted octanol–water partition coefficient (Wildman–Crippen LogP) is 2.85. The van der Waals surface area contributed by atoms with Crippen molar-refractivity contribution in [1.29, 1.82) is 0 Å². The maximum Gasteiger partial charge on any atom is 0.325 e. The Morgan fingerprint density at radius 3 is 2.85 bits per heavy atom. The molecule has 112 valence electrons. The Balaban J connectivity index is 2.35. The third kappa shape index (κ3) is 5.43. The van der Waals surface area contributed by atoms with Crippen LogP contribution in [0.5, 0.6) is 5.75 Å². The van der Waals surface area contributed by atoms with Crippen molar-refractivity contribution in [3.63, 3.8) is 0 Å². The van der Waals surface area contributed by atoms with Crippen molar-refractivity contribution < 1.29 is 14.3 Å². The Labute approximate surface area is 125 Å². The number of hydrogen-bond donors (Lipinski definition) is 1. The van der Waals surface area contributed by atoms with Gasteiger partial charge in [0.05, 0.1) is 13.7 Å². The highest BCUT2D eigenvalue weighted by atomic mass is 32.2. The van der Waals surface area contributed by atoms with Gasteiger partial charge in [-0.05, 0) is 50.6 Å². The maximum absolute atomic E-state index is 11.6. The normalized spacial score (nSPS) is 13.6. The van der Waals surface area contributed by atoms with E-state index in [1.165, 1.54) is 0 Å². The molecule has 5 heteroatoms. The first-order valence-corrected chi connectivity index (χ1v) is 7.71. The standard InChI is InChI=1S/C15H23NO3S/c1-4-19-14(17)15(2,16)9-6-10-20-13-8-5-7-12(11-13)18-3/h5,7-8,11H,4,6,9-10,16H2,1-3H3. The van der Waals surface area contributed by atoms with Crippen LogP contribution >= 0.6 is 11.8 Å². The SMILES string of the molecule is CCOC(=O)C(C)(N)CCCSc1cccc(OC)c1. The third-order valence-corrected chi connectivity index (χ3v) is 3.97. The number of rotatable bonds is 8. The van der Waals surface area contributed by atoms with Crippen LogP contribution < -0.4 is 10.5 Å². The minimum Gasteiger partial charge on any atom is -0.497 e. The first-order valence-electron chi connectivity index (χ1n) is 6.72. The molecule has 0 aliphatic heterocycles. The average Bonchev–Trinajstić information content (AvgIpc) is 2.44. The molecule has 0 bridgehead atoms. The molecule has 20 heavy (non-hydrogen) atoms. The lowest BCUT2D eigenvalue weighted by Crippen LogP contribution is -2.46. The van der Waals surface area contributed by atoms with E-state index >= 15 is 0 Å². The fraction of sp³-hybridized carbons (Fsp3) is 0.533. The molecule has 0 aromatic heterocycles. The minimum absolute atomic E-state index is 0.327. The Bertz CT molecular complexity index is 435. The predicted molar refractivity (Wildman–Crippen MR) is 82.2 cm³/mol. The summed E-state index contributed by atoms with van der Waals surface area (Å²) in [6.07, 6.45) is 1.47. The molecule has 1 unspecified atom stereocenters. The van der Waals surface area contributed by atoms with Gasteiger partial charge in [0.2, 0.25) is 0 Å². The maximum atomic E-state index is 11.6. The molecule has 0 radical (unpaired) electrons. The molecule has 1 rings (SSSR count). The van der Waals surface area contributed by atoms with Crippen molar-refractivity contribution in [2.24, 2.45) is 5.73 Å². The summed E-state index contributed by atoms with van der Waals surface area (Å²) in [4.78, 5) is 12.8. The van der Waals surface area contributed by atoms with Crippen molar-refractivity contribution in [2.75, 3.05) is 19.5 Å². The van der Waals surface area contributed by atoms with E-state index in [0.29, 0.717) is 13.0 Å². The number of thioether (sulfide) groups is 1. The third-order valence-electron chi connectivity index (χ3n) is 2.89. The number of ether oxygens (including phenoxy) is 2. The summed E-state index contributed by atoms with van der Waals surface area (Å²) in [5, 5.41) is 0. The molecule has 0 aliphatic carbocycles. The van der Waals surface area contributed by atoms with E-state index in [4.69, 9.17) is 15.2 Å². The van der Waals surface area contributed by atoms with E-state index in [9.17, 15) is 4.79 Å². The van der Waals surface area contributed by atoms with Crippen LogP contribution in [0.2, 0.25) is 0 Å². The molecular formula is C15H23NO3S. The van der Waals surface area contributed by atoms with Crippen molar-refractivity contribution in [1.82, 2.24) is 0 Å². The van der Waals surface area contributed by atoms with Gasteiger partial charge in [0, 0.05) is 4.90 Å². The monoisotopic (exact) mass is 297 g/mol.